The van der Waals surface area contributed by atoms with Gasteiger partial charge in [0.15, 0.2) is 0 Å². The molecule has 0 aliphatic carbocycles. The lowest BCUT2D eigenvalue weighted by Crippen LogP contribution is -2.47. The fourth-order valence-electron chi connectivity index (χ4n) is 2.21. The lowest BCUT2D eigenvalue weighted by molar-refractivity contribution is -0.152. The summed E-state index contributed by atoms with van der Waals surface area (Å²) in [5.74, 6) is -1.06. The van der Waals surface area contributed by atoms with Crippen molar-refractivity contribution >= 4 is 11.9 Å². The van der Waals surface area contributed by atoms with Crippen molar-refractivity contribution in [3.63, 3.8) is 0 Å². The lowest BCUT2D eigenvalue weighted by Gasteiger charge is -2.28. The Balaban J connectivity index is 2.74. The van der Waals surface area contributed by atoms with Gasteiger partial charge in [-0.1, -0.05) is 6.92 Å². The molecule has 3 unspecified atom stereocenters. The van der Waals surface area contributed by atoms with Gasteiger partial charge >= 0.3 is 5.97 Å². The first-order valence-corrected chi connectivity index (χ1v) is 6.00. The Labute approximate surface area is 102 Å². The summed E-state index contributed by atoms with van der Waals surface area (Å²) in [6.07, 6.45) is 0.416. The first-order chi connectivity index (χ1) is 7.82. The molecule has 5 heteroatoms. The van der Waals surface area contributed by atoms with Crippen LogP contribution in [0.5, 0.6) is 0 Å². The summed E-state index contributed by atoms with van der Waals surface area (Å²) in [4.78, 5) is 24.3. The van der Waals surface area contributed by atoms with Gasteiger partial charge in [0.05, 0.1) is 6.10 Å². The van der Waals surface area contributed by atoms with Gasteiger partial charge in [0.1, 0.15) is 12.6 Å². The number of rotatable bonds is 4. The maximum atomic E-state index is 12.2. The van der Waals surface area contributed by atoms with Crippen LogP contribution in [0.15, 0.2) is 0 Å². The molecule has 1 aliphatic heterocycles. The lowest BCUT2D eigenvalue weighted by atomic mass is 10.0. The zero-order chi connectivity index (χ0) is 13.2. The first kappa shape index (κ1) is 14.0. The molecule has 0 radical (unpaired) electrons. The van der Waals surface area contributed by atoms with Crippen molar-refractivity contribution in [2.45, 2.75) is 52.4 Å². The van der Waals surface area contributed by atoms with Crippen molar-refractivity contribution in [3.05, 3.63) is 0 Å². The van der Waals surface area contributed by atoms with E-state index in [0.717, 1.165) is 6.42 Å². The quantitative estimate of drug-likeness (QED) is 0.803. The average molecular weight is 243 g/mol. The van der Waals surface area contributed by atoms with E-state index in [4.69, 9.17) is 9.84 Å². The second-order valence-corrected chi connectivity index (χ2v) is 5.03. The van der Waals surface area contributed by atoms with Gasteiger partial charge in [-0.3, -0.25) is 9.59 Å². The van der Waals surface area contributed by atoms with Crippen molar-refractivity contribution in [1.29, 1.82) is 0 Å². The SMILES string of the molecule is CC1CC(C)C(C(=O)N(CC(=O)O)C(C)C)O1. The molecular weight excluding hydrogens is 222 g/mol. The highest BCUT2D eigenvalue weighted by atomic mass is 16.5. The molecule has 1 amide bonds. The molecule has 0 spiro atoms. The van der Waals surface area contributed by atoms with Crippen LogP contribution in [0.25, 0.3) is 0 Å². The number of carbonyl (C=O) groups excluding carboxylic acids is 1. The third-order valence-electron chi connectivity index (χ3n) is 3.05. The molecule has 3 atom stereocenters. The van der Waals surface area contributed by atoms with E-state index in [2.05, 4.69) is 0 Å². The predicted molar refractivity (Wildman–Crippen MR) is 62.6 cm³/mol. The molecule has 1 N–H and O–H groups in total. The summed E-state index contributed by atoms with van der Waals surface area (Å²) in [6, 6.07) is -0.134. The van der Waals surface area contributed by atoms with Crippen LogP contribution in [-0.4, -0.2) is 46.7 Å². The van der Waals surface area contributed by atoms with Crippen LogP contribution in [0.4, 0.5) is 0 Å². The topological polar surface area (TPSA) is 66.8 Å². The van der Waals surface area contributed by atoms with Crippen LogP contribution in [0.2, 0.25) is 0 Å². The second kappa shape index (κ2) is 5.49. The highest BCUT2D eigenvalue weighted by Gasteiger charge is 2.38. The summed E-state index contributed by atoms with van der Waals surface area (Å²) in [5.41, 5.74) is 0. The number of hydrogen-bond acceptors (Lipinski definition) is 3. The van der Waals surface area contributed by atoms with Gasteiger partial charge in [-0.25, -0.2) is 0 Å². The van der Waals surface area contributed by atoms with Gasteiger partial charge in [0, 0.05) is 6.04 Å². The Morgan fingerprint density at radius 3 is 2.35 bits per heavy atom. The molecule has 5 nitrogen and oxygen atoms in total. The summed E-state index contributed by atoms with van der Waals surface area (Å²) in [5, 5.41) is 8.81. The van der Waals surface area contributed by atoms with Crippen molar-refractivity contribution in [1.82, 2.24) is 4.90 Å². The standard InChI is InChI=1S/C12H21NO4/c1-7(2)13(6-10(14)15)12(16)11-8(3)5-9(4)17-11/h7-9,11H,5-6H2,1-4H3,(H,14,15). The zero-order valence-corrected chi connectivity index (χ0v) is 10.8. The highest BCUT2D eigenvalue weighted by molar-refractivity contribution is 5.85. The number of carboxylic acids is 1. The van der Waals surface area contributed by atoms with Crippen molar-refractivity contribution in [3.8, 4) is 0 Å². The minimum atomic E-state index is -0.995. The second-order valence-electron chi connectivity index (χ2n) is 5.03. The Morgan fingerprint density at radius 1 is 1.41 bits per heavy atom. The largest absolute Gasteiger partial charge is 0.480 e. The number of aliphatic carboxylic acids is 1. The fourth-order valence-corrected chi connectivity index (χ4v) is 2.21. The number of amides is 1. The van der Waals surface area contributed by atoms with E-state index >= 15 is 0 Å². The molecule has 0 aromatic carbocycles. The van der Waals surface area contributed by atoms with Crippen molar-refractivity contribution in [2.75, 3.05) is 6.54 Å². The molecule has 0 saturated carbocycles. The van der Waals surface area contributed by atoms with Gasteiger partial charge in [0.2, 0.25) is 0 Å². The van der Waals surface area contributed by atoms with E-state index in [9.17, 15) is 9.59 Å². The van der Waals surface area contributed by atoms with Crippen LogP contribution >= 0.6 is 0 Å². The molecule has 17 heavy (non-hydrogen) atoms. The Bertz CT molecular complexity index is 303. The smallest absolute Gasteiger partial charge is 0.323 e. The van der Waals surface area contributed by atoms with Crippen LogP contribution in [0.1, 0.15) is 34.1 Å². The molecule has 98 valence electrons. The van der Waals surface area contributed by atoms with Crippen LogP contribution in [-0.2, 0) is 14.3 Å². The van der Waals surface area contributed by atoms with Crippen LogP contribution in [0.3, 0.4) is 0 Å². The molecule has 1 saturated heterocycles. The monoisotopic (exact) mass is 243 g/mol. The normalized spacial score (nSPS) is 28.4. The van der Waals surface area contributed by atoms with E-state index in [1.54, 1.807) is 0 Å². The molecular formula is C12H21NO4. The summed E-state index contributed by atoms with van der Waals surface area (Å²) < 4.78 is 5.56. The molecule has 1 heterocycles. The summed E-state index contributed by atoms with van der Waals surface area (Å²) in [6.45, 7) is 7.25. The highest BCUT2D eigenvalue weighted by Crippen LogP contribution is 2.27. The molecule has 0 bridgehead atoms. The van der Waals surface area contributed by atoms with Gasteiger partial charge in [0.25, 0.3) is 5.91 Å². The Kier molecular flexibility index (Phi) is 4.51. The number of nitrogens with zero attached hydrogens (tertiary/aromatic N) is 1. The molecule has 0 aromatic rings. The van der Waals surface area contributed by atoms with Crippen LogP contribution in [0, 0.1) is 5.92 Å². The summed E-state index contributed by atoms with van der Waals surface area (Å²) >= 11 is 0. The third kappa shape index (κ3) is 3.43. The third-order valence-corrected chi connectivity index (χ3v) is 3.05. The number of carboxylic acid groups (broad SMARTS) is 1. The van der Waals surface area contributed by atoms with Gasteiger partial charge < -0.3 is 14.7 Å². The molecule has 1 fully saturated rings. The van der Waals surface area contributed by atoms with E-state index in [1.165, 1.54) is 4.90 Å². The number of ether oxygens (including phenoxy) is 1. The molecule has 1 rings (SSSR count). The van der Waals surface area contributed by atoms with Gasteiger partial charge in [-0.2, -0.15) is 0 Å². The minimum Gasteiger partial charge on any atom is -0.480 e. The van der Waals surface area contributed by atoms with E-state index < -0.39 is 12.1 Å². The number of carbonyl (C=O) groups is 2. The maximum Gasteiger partial charge on any atom is 0.323 e. The predicted octanol–water partition coefficient (Wildman–Crippen LogP) is 1.12. The van der Waals surface area contributed by atoms with Gasteiger partial charge in [-0.05, 0) is 33.1 Å². The van der Waals surface area contributed by atoms with Gasteiger partial charge in [-0.15, -0.1) is 0 Å². The minimum absolute atomic E-state index is 0.0674. The molecule has 0 aromatic heterocycles. The number of hydrogen-bond donors (Lipinski definition) is 1. The maximum absolute atomic E-state index is 12.2. The Hall–Kier alpha value is -1.10. The summed E-state index contributed by atoms with van der Waals surface area (Å²) in [7, 11) is 0. The van der Waals surface area contributed by atoms with E-state index in [1.807, 2.05) is 27.7 Å². The average Bonchev–Trinajstić information content (AvgIpc) is 2.52. The Morgan fingerprint density at radius 2 is 2.00 bits per heavy atom. The van der Waals surface area contributed by atoms with Crippen LogP contribution < -0.4 is 0 Å². The van der Waals surface area contributed by atoms with E-state index in [-0.39, 0.29) is 30.5 Å². The van der Waals surface area contributed by atoms with Crippen molar-refractivity contribution < 1.29 is 19.4 Å². The molecule has 1 aliphatic rings. The fraction of sp³-hybridized carbons (Fsp3) is 0.833. The first-order valence-electron chi connectivity index (χ1n) is 6.00. The van der Waals surface area contributed by atoms with Crippen molar-refractivity contribution in [2.24, 2.45) is 5.92 Å². The van der Waals surface area contributed by atoms with E-state index in [0.29, 0.717) is 0 Å². The zero-order valence-electron chi connectivity index (χ0n) is 10.8.